The van der Waals surface area contributed by atoms with Gasteiger partial charge in [-0.3, -0.25) is 0 Å². The summed E-state index contributed by atoms with van der Waals surface area (Å²) in [5.74, 6) is 0.326. The summed E-state index contributed by atoms with van der Waals surface area (Å²) in [5.41, 5.74) is 4.29. The first-order chi connectivity index (χ1) is 8.09. The summed E-state index contributed by atoms with van der Waals surface area (Å²) >= 11 is 0. The molecule has 0 fully saturated rings. The van der Waals surface area contributed by atoms with Crippen LogP contribution in [0.2, 0.25) is 0 Å². The smallest absolute Gasteiger partial charge is 0.126 e. The first-order valence-electron chi connectivity index (χ1n) is 5.95. The number of hydrogen-bond acceptors (Lipinski definition) is 0. The van der Waals surface area contributed by atoms with Crippen molar-refractivity contribution in [3.05, 3.63) is 59.4 Å². The van der Waals surface area contributed by atoms with Crippen LogP contribution >= 0.6 is 0 Å². The first kappa shape index (κ1) is 11.8. The molecule has 0 aliphatic rings. The maximum Gasteiger partial charge on any atom is 0.126 e. The van der Waals surface area contributed by atoms with Crippen molar-refractivity contribution in [2.24, 2.45) is 0 Å². The van der Waals surface area contributed by atoms with Gasteiger partial charge >= 0.3 is 0 Å². The third-order valence-electron chi connectivity index (χ3n) is 3.05. The lowest BCUT2D eigenvalue weighted by atomic mass is 9.92. The van der Waals surface area contributed by atoms with Crippen LogP contribution in [0.4, 0.5) is 4.39 Å². The van der Waals surface area contributed by atoms with Gasteiger partial charge < -0.3 is 0 Å². The number of hydrogen-bond donors (Lipinski definition) is 0. The summed E-state index contributed by atoms with van der Waals surface area (Å²) in [4.78, 5) is 0. The van der Waals surface area contributed by atoms with E-state index in [0.717, 1.165) is 5.56 Å². The highest BCUT2D eigenvalue weighted by molar-refractivity contribution is 5.68. The Labute approximate surface area is 102 Å². The van der Waals surface area contributed by atoms with Gasteiger partial charge in [-0.25, -0.2) is 4.39 Å². The van der Waals surface area contributed by atoms with Crippen LogP contribution < -0.4 is 0 Å². The lowest BCUT2D eigenvalue weighted by Crippen LogP contribution is -1.93. The van der Waals surface area contributed by atoms with Gasteiger partial charge in [0.2, 0.25) is 0 Å². The molecule has 88 valence electrons. The third kappa shape index (κ3) is 2.38. The van der Waals surface area contributed by atoms with Crippen LogP contribution in [0.25, 0.3) is 11.1 Å². The van der Waals surface area contributed by atoms with E-state index in [2.05, 4.69) is 32.0 Å². The quantitative estimate of drug-likeness (QED) is 0.684. The van der Waals surface area contributed by atoms with Crippen molar-refractivity contribution < 1.29 is 4.39 Å². The number of aryl methyl sites for hydroxylation is 1. The summed E-state index contributed by atoms with van der Waals surface area (Å²) in [6, 6.07) is 13.6. The summed E-state index contributed by atoms with van der Waals surface area (Å²) < 4.78 is 13.3. The molecule has 0 radical (unpaired) electrons. The van der Waals surface area contributed by atoms with Crippen LogP contribution in [0.5, 0.6) is 0 Å². The van der Waals surface area contributed by atoms with Gasteiger partial charge in [0.15, 0.2) is 0 Å². The second kappa shape index (κ2) is 4.70. The van der Waals surface area contributed by atoms with E-state index >= 15 is 0 Å². The van der Waals surface area contributed by atoms with Gasteiger partial charge in [-0.1, -0.05) is 44.2 Å². The van der Waals surface area contributed by atoms with E-state index in [1.54, 1.807) is 13.0 Å². The maximum atomic E-state index is 13.3. The van der Waals surface area contributed by atoms with Crippen molar-refractivity contribution in [2.45, 2.75) is 26.7 Å². The number of halogens is 1. The van der Waals surface area contributed by atoms with Crippen molar-refractivity contribution in [1.82, 2.24) is 0 Å². The Bertz CT molecular complexity index is 527. The second-order valence-corrected chi connectivity index (χ2v) is 4.71. The van der Waals surface area contributed by atoms with Crippen molar-refractivity contribution in [3.63, 3.8) is 0 Å². The average molecular weight is 228 g/mol. The highest BCUT2D eigenvalue weighted by atomic mass is 19.1. The largest absolute Gasteiger partial charge is 0.207 e. The Hall–Kier alpha value is -1.63. The minimum absolute atomic E-state index is 0.143. The summed E-state index contributed by atoms with van der Waals surface area (Å²) in [7, 11) is 0. The monoisotopic (exact) mass is 228 g/mol. The molecule has 2 rings (SSSR count). The first-order valence-corrected chi connectivity index (χ1v) is 5.95. The lowest BCUT2D eigenvalue weighted by Gasteiger charge is -2.13. The molecule has 0 N–H and O–H groups in total. The molecule has 17 heavy (non-hydrogen) atoms. The molecule has 0 nitrogen and oxygen atoms in total. The molecule has 0 heterocycles. The van der Waals surface area contributed by atoms with Crippen molar-refractivity contribution in [2.75, 3.05) is 0 Å². The van der Waals surface area contributed by atoms with E-state index in [0.29, 0.717) is 11.5 Å². The van der Waals surface area contributed by atoms with Crippen molar-refractivity contribution in [1.29, 1.82) is 0 Å². The van der Waals surface area contributed by atoms with Gasteiger partial charge in [-0.2, -0.15) is 0 Å². The highest BCUT2D eigenvalue weighted by Gasteiger charge is 2.08. The Morgan fingerprint density at radius 1 is 1.00 bits per heavy atom. The molecular weight excluding hydrogens is 211 g/mol. The predicted octanol–water partition coefficient (Wildman–Crippen LogP) is 4.92. The molecule has 0 saturated carbocycles. The van der Waals surface area contributed by atoms with Gasteiger partial charge in [-0.05, 0) is 47.2 Å². The molecule has 0 spiro atoms. The van der Waals surface area contributed by atoms with Crippen LogP contribution in [0, 0.1) is 12.7 Å². The average Bonchev–Trinajstić information content (AvgIpc) is 2.32. The second-order valence-electron chi connectivity index (χ2n) is 4.71. The Balaban J connectivity index is 2.56. The summed E-state index contributed by atoms with van der Waals surface area (Å²) in [6.07, 6.45) is 0. The topological polar surface area (TPSA) is 0 Å². The van der Waals surface area contributed by atoms with Crippen LogP contribution in [-0.4, -0.2) is 0 Å². The molecule has 0 unspecified atom stereocenters. The fraction of sp³-hybridized carbons (Fsp3) is 0.250. The maximum absolute atomic E-state index is 13.3. The zero-order chi connectivity index (χ0) is 12.4. The molecule has 1 heteroatoms. The van der Waals surface area contributed by atoms with E-state index in [4.69, 9.17) is 0 Å². The molecule has 0 aliphatic carbocycles. The van der Waals surface area contributed by atoms with Gasteiger partial charge in [0.05, 0.1) is 0 Å². The molecule has 0 amide bonds. The fourth-order valence-electron chi connectivity index (χ4n) is 2.08. The SMILES string of the molecule is Cc1cc(-c2ccccc2C(C)C)ccc1F. The Morgan fingerprint density at radius 3 is 2.35 bits per heavy atom. The fourth-order valence-corrected chi connectivity index (χ4v) is 2.08. The van der Waals surface area contributed by atoms with Crippen molar-refractivity contribution >= 4 is 0 Å². The Morgan fingerprint density at radius 2 is 1.71 bits per heavy atom. The molecule has 0 saturated heterocycles. The molecule has 2 aromatic carbocycles. The lowest BCUT2D eigenvalue weighted by molar-refractivity contribution is 0.619. The highest BCUT2D eigenvalue weighted by Crippen LogP contribution is 2.29. The van der Waals surface area contributed by atoms with Crippen LogP contribution in [0.15, 0.2) is 42.5 Å². The van der Waals surface area contributed by atoms with Gasteiger partial charge in [0.25, 0.3) is 0 Å². The Kier molecular flexibility index (Phi) is 3.28. The zero-order valence-corrected chi connectivity index (χ0v) is 10.5. The minimum atomic E-state index is -0.143. The molecule has 2 aromatic rings. The zero-order valence-electron chi connectivity index (χ0n) is 10.5. The van der Waals surface area contributed by atoms with Gasteiger partial charge in [-0.15, -0.1) is 0 Å². The van der Waals surface area contributed by atoms with E-state index in [9.17, 15) is 4.39 Å². The number of benzene rings is 2. The van der Waals surface area contributed by atoms with E-state index in [-0.39, 0.29) is 5.82 Å². The van der Waals surface area contributed by atoms with Crippen LogP contribution in [0.3, 0.4) is 0 Å². The molecular formula is C16H17F. The molecule has 0 aliphatic heterocycles. The summed E-state index contributed by atoms with van der Waals surface area (Å²) in [5, 5.41) is 0. The van der Waals surface area contributed by atoms with Gasteiger partial charge in [0.1, 0.15) is 5.82 Å². The van der Waals surface area contributed by atoms with E-state index in [1.165, 1.54) is 11.1 Å². The standard InChI is InChI=1S/C16H17F/c1-11(2)14-6-4-5-7-15(14)13-8-9-16(17)12(3)10-13/h4-11H,1-3H3. The third-order valence-corrected chi connectivity index (χ3v) is 3.05. The van der Waals surface area contributed by atoms with Gasteiger partial charge in [0, 0.05) is 0 Å². The minimum Gasteiger partial charge on any atom is -0.207 e. The summed E-state index contributed by atoms with van der Waals surface area (Å²) in [6.45, 7) is 6.15. The van der Waals surface area contributed by atoms with E-state index < -0.39 is 0 Å². The molecule has 0 aromatic heterocycles. The van der Waals surface area contributed by atoms with Crippen LogP contribution in [-0.2, 0) is 0 Å². The predicted molar refractivity (Wildman–Crippen MR) is 70.7 cm³/mol. The normalized spacial score (nSPS) is 10.9. The van der Waals surface area contributed by atoms with Crippen molar-refractivity contribution in [3.8, 4) is 11.1 Å². The van der Waals surface area contributed by atoms with E-state index in [1.807, 2.05) is 18.2 Å². The van der Waals surface area contributed by atoms with Crippen LogP contribution in [0.1, 0.15) is 30.9 Å². The number of rotatable bonds is 2. The molecule has 0 atom stereocenters. The molecule has 0 bridgehead atoms.